The topological polar surface area (TPSA) is 16.3 Å². The quantitative estimate of drug-likeness (QED) is 0.101. The summed E-state index contributed by atoms with van der Waals surface area (Å²) in [6, 6.07) is 166. The molecule has 4 heterocycles. The highest BCUT2D eigenvalue weighted by Crippen LogP contribution is 2.56. The Hall–Kier alpha value is -15.6. The van der Waals surface area contributed by atoms with Crippen LogP contribution >= 0.6 is 0 Å². The molecule has 4 nitrogen and oxygen atoms in total. The van der Waals surface area contributed by atoms with E-state index >= 15 is 0 Å². The van der Waals surface area contributed by atoms with Gasteiger partial charge in [-0.15, -0.1) is 0 Å². The van der Waals surface area contributed by atoms with Crippen LogP contribution in [0.2, 0.25) is 0 Å². The van der Waals surface area contributed by atoms with Gasteiger partial charge in [0.25, 0.3) is 6.71 Å². The fraction of sp³-hybridized carbons (Fsp3) is 0.0420. The smallest absolute Gasteiger partial charge is 0.252 e. The van der Waals surface area contributed by atoms with Gasteiger partial charge in [0, 0.05) is 77.9 Å². The van der Waals surface area contributed by atoms with Crippen molar-refractivity contribution >= 4 is 101 Å². The number of para-hydroxylation sites is 3. The molecule has 21 aromatic rings. The minimum atomic E-state index is -0.297. The van der Waals surface area contributed by atoms with E-state index in [1.54, 1.807) is 0 Å². The highest BCUT2D eigenvalue weighted by molar-refractivity contribution is 7.00. The molecule has 2 aliphatic heterocycles. The number of aromatic nitrogens is 2. The first-order chi connectivity index (χ1) is 61.0. The number of hydrogen-bond acceptors (Lipinski definition) is 2. The maximum absolute atomic E-state index is 2.73. The number of aryl methyl sites for hydroxylation is 1. The van der Waals surface area contributed by atoms with Gasteiger partial charge in [-0.1, -0.05) is 354 Å². The minimum Gasteiger partial charge on any atom is -0.310 e. The van der Waals surface area contributed by atoms with Gasteiger partial charge in [-0.2, -0.15) is 0 Å². The summed E-state index contributed by atoms with van der Waals surface area (Å²) in [6.45, 7) is 9.13. The van der Waals surface area contributed by atoms with E-state index in [2.05, 4.69) is 489 Å². The second-order valence-electron chi connectivity index (χ2n) is 34.4. The lowest BCUT2D eigenvalue weighted by Crippen LogP contribution is -2.61. The first-order valence-corrected chi connectivity index (χ1v) is 43.2. The van der Waals surface area contributed by atoms with Crippen molar-refractivity contribution in [2.45, 2.75) is 33.1 Å². The number of hydrogen-bond donors (Lipinski definition) is 0. The van der Waals surface area contributed by atoms with Crippen LogP contribution in [0.25, 0.3) is 166 Å². The van der Waals surface area contributed by atoms with E-state index in [0.717, 1.165) is 140 Å². The highest BCUT2D eigenvalue weighted by Gasteiger charge is 2.46. The molecular weight excluding hydrogens is 1500 g/mol. The molecule has 0 spiro atoms. The van der Waals surface area contributed by atoms with Gasteiger partial charge in [0.05, 0.1) is 33.4 Å². The maximum atomic E-state index is 2.73. The van der Waals surface area contributed by atoms with Crippen LogP contribution in [-0.4, -0.2) is 15.8 Å². The fourth-order valence-electron chi connectivity index (χ4n) is 20.0. The van der Waals surface area contributed by atoms with Gasteiger partial charge in [0.1, 0.15) is 0 Å². The molecule has 0 atom stereocenters. The molecule has 2 aromatic heterocycles. The maximum Gasteiger partial charge on any atom is 0.252 e. The van der Waals surface area contributed by atoms with Crippen LogP contribution < -0.4 is 26.2 Å². The molecular formula is C119H85BN4. The van der Waals surface area contributed by atoms with Gasteiger partial charge in [0.15, 0.2) is 0 Å². The highest BCUT2D eigenvalue weighted by atomic mass is 15.2. The van der Waals surface area contributed by atoms with Gasteiger partial charge < -0.3 is 18.9 Å². The molecule has 0 amide bonds. The van der Waals surface area contributed by atoms with E-state index < -0.39 is 0 Å². The lowest BCUT2D eigenvalue weighted by Gasteiger charge is -2.46. The summed E-state index contributed by atoms with van der Waals surface area (Å²) >= 11 is 0. The van der Waals surface area contributed by atoms with Crippen LogP contribution in [0.4, 0.5) is 34.1 Å². The Kier molecular flexibility index (Phi) is 17.8. The van der Waals surface area contributed by atoms with Crippen molar-refractivity contribution in [1.82, 2.24) is 9.13 Å². The lowest BCUT2D eigenvalue weighted by atomic mass is 9.33. The second kappa shape index (κ2) is 30.0. The third-order valence-electron chi connectivity index (χ3n) is 25.8. The number of fused-ring (bicyclic) bond motifs is 10. The monoisotopic (exact) mass is 1580 g/mol. The SMILES string of the molecule is Cc1cc2c3c(c1)N(c1c(-c4ccccc4)cc(C(C)(C)C)cc1-c1cccc(-c4cccc(-c5ccccc5)c4)c1)c1cc(-n4c5ccccc5c5cc(-c6ccccc6)ccc54)ccc1B3c1ccc(-n3c4ccccc4c4cc(-c5ccccc5)ccc43)cc1N2c1c(-c2ccccc2)cccc1-c1cccc(-c2cccc(-c3ccccc3)c2)c1. The number of nitrogens with zero attached hydrogens (tertiary/aromatic N) is 4. The van der Waals surface area contributed by atoms with Gasteiger partial charge in [-0.05, 0) is 238 Å². The zero-order valence-corrected chi connectivity index (χ0v) is 69.5. The summed E-state index contributed by atoms with van der Waals surface area (Å²) in [7, 11) is 0. The zero-order valence-electron chi connectivity index (χ0n) is 69.5. The Morgan fingerprint density at radius 1 is 0.210 bits per heavy atom. The van der Waals surface area contributed by atoms with E-state index in [0.29, 0.717) is 0 Å². The molecule has 0 unspecified atom stereocenters. The standard InChI is InChI=1S/C119H85BN4/c1-78-66-114-116-115(67-78)124(118-102(84-42-21-10-22-43-84)74-95(119(2,3)4)75-103(118)94-51-30-49-90(71-94)88-47-28-45-86(69-88)80-34-13-6-14-35-80)113-77-97(122-109-57-26-24-53-101(109)105-73-92(59-65-111(105)122)82-38-17-8-18-39-82)61-63-107(113)120(116)106-62-60-96(121-108-56-25-23-52-100(108)104-72-91(58-64-110(104)121)81-36-15-7-16-37-81)76-112(106)123(114)117-98(83-40-19-9-20-41-83)54-31-55-99(117)93-50-29-48-89(70-93)87-46-27-44-85(68-87)79-32-11-5-12-33-79/h5-77H,1-4H3. The van der Waals surface area contributed by atoms with Crippen LogP contribution in [0.15, 0.2) is 443 Å². The molecule has 19 aromatic carbocycles. The number of anilines is 6. The molecule has 0 bridgehead atoms. The van der Waals surface area contributed by atoms with E-state index in [9.17, 15) is 0 Å². The second-order valence-corrected chi connectivity index (χ2v) is 34.4. The summed E-state index contributed by atoms with van der Waals surface area (Å²) in [4.78, 5) is 5.43. The Morgan fingerprint density at radius 2 is 0.508 bits per heavy atom. The fourth-order valence-corrected chi connectivity index (χ4v) is 20.0. The molecule has 0 radical (unpaired) electrons. The average molecular weight is 1580 g/mol. The van der Waals surface area contributed by atoms with Crippen LogP contribution in [0.1, 0.15) is 31.9 Å². The van der Waals surface area contributed by atoms with Crippen molar-refractivity contribution in [2.24, 2.45) is 0 Å². The van der Waals surface area contributed by atoms with E-state index in [1.807, 2.05) is 0 Å². The van der Waals surface area contributed by atoms with Crippen molar-refractivity contribution in [3.05, 3.63) is 454 Å². The number of rotatable bonds is 14. The Morgan fingerprint density at radius 3 is 0.919 bits per heavy atom. The lowest BCUT2D eigenvalue weighted by molar-refractivity contribution is 0.591. The molecule has 0 aliphatic carbocycles. The van der Waals surface area contributed by atoms with Crippen molar-refractivity contribution in [3.63, 3.8) is 0 Å². The van der Waals surface area contributed by atoms with Gasteiger partial charge in [-0.3, -0.25) is 0 Å². The first-order valence-electron chi connectivity index (χ1n) is 43.2. The summed E-state index contributed by atoms with van der Waals surface area (Å²) in [5, 5.41) is 4.81. The summed E-state index contributed by atoms with van der Waals surface area (Å²) in [6.07, 6.45) is 0. The normalized spacial score (nSPS) is 12.3. The zero-order chi connectivity index (χ0) is 82.7. The van der Waals surface area contributed by atoms with Gasteiger partial charge in [-0.25, -0.2) is 0 Å². The van der Waals surface area contributed by atoms with Gasteiger partial charge in [0.2, 0.25) is 0 Å². The van der Waals surface area contributed by atoms with E-state index in [-0.39, 0.29) is 12.1 Å². The van der Waals surface area contributed by atoms with Crippen LogP contribution in [0, 0.1) is 6.92 Å². The third-order valence-corrected chi connectivity index (χ3v) is 25.8. The third kappa shape index (κ3) is 12.6. The molecule has 0 N–H and O–H groups in total. The molecule has 584 valence electrons. The summed E-state index contributed by atoms with van der Waals surface area (Å²) in [5.41, 5.74) is 42.1. The Bertz CT molecular complexity index is 7770. The van der Waals surface area contributed by atoms with Crippen molar-refractivity contribution in [1.29, 1.82) is 0 Å². The average Bonchev–Trinajstić information content (AvgIpc) is 0.957. The van der Waals surface area contributed by atoms with Gasteiger partial charge >= 0.3 is 0 Å². The molecule has 5 heteroatoms. The van der Waals surface area contributed by atoms with Crippen LogP contribution in [-0.2, 0) is 5.41 Å². The molecule has 0 saturated carbocycles. The predicted molar refractivity (Wildman–Crippen MR) is 527 cm³/mol. The van der Waals surface area contributed by atoms with Crippen molar-refractivity contribution in [2.75, 3.05) is 9.80 Å². The van der Waals surface area contributed by atoms with Crippen LogP contribution in [0.5, 0.6) is 0 Å². The molecule has 0 fully saturated rings. The summed E-state index contributed by atoms with van der Waals surface area (Å²) < 4.78 is 5.05. The van der Waals surface area contributed by atoms with E-state index in [4.69, 9.17) is 0 Å². The number of benzene rings is 19. The first kappa shape index (κ1) is 73.6. The molecule has 23 rings (SSSR count). The van der Waals surface area contributed by atoms with Crippen molar-refractivity contribution < 1.29 is 0 Å². The molecule has 124 heavy (non-hydrogen) atoms. The van der Waals surface area contributed by atoms with E-state index in [1.165, 1.54) is 88.0 Å². The van der Waals surface area contributed by atoms with Crippen molar-refractivity contribution in [3.8, 4) is 123 Å². The molecule has 2 aliphatic rings. The largest absolute Gasteiger partial charge is 0.310 e. The van der Waals surface area contributed by atoms with Crippen LogP contribution in [0.3, 0.4) is 0 Å². The molecule has 0 saturated heterocycles. The summed E-state index contributed by atoms with van der Waals surface area (Å²) in [5.74, 6) is 0. The predicted octanol–water partition coefficient (Wildman–Crippen LogP) is 30.2. The minimum absolute atomic E-state index is 0.265. The Balaban J connectivity index is 0.834. The Labute approximate surface area is 724 Å².